The van der Waals surface area contributed by atoms with Gasteiger partial charge >= 0.3 is 21.7 Å². The van der Waals surface area contributed by atoms with Crippen molar-refractivity contribution < 1.29 is 21.7 Å². The second-order valence-corrected chi connectivity index (χ2v) is 4.56. The van der Waals surface area contributed by atoms with E-state index in [0.29, 0.717) is 0 Å². The standard InChI is InChI=1S/C11H12N2.2C2H6N.Ti/c1-11(2,9-5-3-7-12-9)10-6-4-8-13-10;2*1-3-2;/h3-8H,1-2H3;2*1-2H3;/q-2;2*-1;+4. The smallest absolute Gasteiger partial charge is 0.668 e. The first-order valence-electron chi connectivity index (χ1n) is 6.16. The van der Waals surface area contributed by atoms with Crippen molar-refractivity contribution in [2.24, 2.45) is 0 Å². The Kier molecular flexibility index (Phi) is 12.9. The molecule has 0 aliphatic carbocycles. The van der Waals surface area contributed by atoms with Gasteiger partial charge in [0.1, 0.15) is 0 Å². The fraction of sp³-hybridized carbons (Fsp3) is 0.467. The largest absolute Gasteiger partial charge is 4.00 e. The van der Waals surface area contributed by atoms with Crippen molar-refractivity contribution in [1.82, 2.24) is 9.97 Å². The van der Waals surface area contributed by atoms with Gasteiger partial charge in [-0.15, -0.1) is 0 Å². The normalized spacial score (nSPS) is 9.50. The summed E-state index contributed by atoms with van der Waals surface area (Å²) in [7, 11) is 7.00. The van der Waals surface area contributed by atoms with E-state index in [-0.39, 0.29) is 27.1 Å². The van der Waals surface area contributed by atoms with Crippen LogP contribution in [0.15, 0.2) is 36.7 Å². The summed E-state index contributed by atoms with van der Waals surface area (Å²) in [4.78, 5) is 8.61. The summed E-state index contributed by atoms with van der Waals surface area (Å²) < 4.78 is 0. The van der Waals surface area contributed by atoms with Crippen LogP contribution in [0.5, 0.6) is 0 Å². The van der Waals surface area contributed by atoms with Gasteiger partial charge in [0, 0.05) is 0 Å². The molecule has 0 fully saturated rings. The number of rotatable bonds is 2. The zero-order valence-corrected chi connectivity index (χ0v) is 14.8. The Morgan fingerprint density at radius 3 is 1.30 bits per heavy atom. The van der Waals surface area contributed by atoms with Crippen LogP contribution in [0, 0.1) is 0 Å². The molecule has 5 heteroatoms. The molecule has 0 aromatic carbocycles. The summed E-state index contributed by atoms with van der Waals surface area (Å²) >= 11 is 0. The molecular formula is C15H24N4Ti. The van der Waals surface area contributed by atoms with Gasteiger partial charge in [-0.2, -0.15) is 52.0 Å². The molecule has 20 heavy (non-hydrogen) atoms. The molecule has 0 saturated heterocycles. The van der Waals surface area contributed by atoms with E-state index < -0.39 is 0 Å². The molecule has 4 nitrogen and oxygen atoms in total. The maximum atomic E-state index is 4.30. The van der Waals surface area contributed by atoms with Gasteiger partial charge in [-0.25, -0.2) is 0 Å². The summed E-state index contributed by atoms with van der Waals surface area (Å²) in [5.41, 5.74) is 2.07. The summed E-state index contributed by atoms with van der Waals surface area (Å²) in [5, 5.41) is 7.00. The van der Waals surface area contributed by atoms with Gasteiger partial charge in [0.25, 0.3) is 0 Å². The third-order valence-corrected chi connectivity index (χ3v) is 2.39. The predicted octanol–water partition coefficient (Wildman–Crippen LogP) is 3.16. The molecule has 0 aliphatic heterocycles. The average molecular weight is 308 g/mol. The molecule has 2 aromatic heterocycles. The van der Waals surface area contributed by atoms with Gasteiger partial charge in [-0.05, 0) is 5.41 Å². The van der Waals surface area contributed by atoms with Gasteiger partial charge in [0.05, 0.1) is 0 Å². The van der Waals surface area contributed by atoms with Crippen molar-refractivity contribution in [2.75, 3.05) is 28.2 Å². The Morgan fingerprint density at radius 2 is 1.10 bits per heavy atom. The first-order valence-corrected chi connectivity index (χ1v) is 6.16. The predicted molar refractivity (Wildman–Crippen MR) is 82.1 cm³/mol. The van der Waals surface area contributed by atoms with E-state index in [4.69, 9.17) is 0 Å². The Morgan fingerprint density at radius 1 is 0.800 bits per heavy atom. The molecule has 0 aliphatic rings. The molecule has 0 atom stereocenters. The minimum absolute atomic E-state index is 0. The maximum absolute atomic E-state index is 4.30. The third-order valence-electron chi connectivity index (χ3n) is 2.39. The topological polar surface area (TPSA) is 56.4 Å². The van der Waals surface area contributed by atoms with Crippen molar-refractivity contribution >= 4 is 0 Å². The van der Waals surface area contributed by atoms with E-state index >= 15 is 0 Å². The minimum atomic E-state index is -0.0764. The molecule has 2 heterocycles. The van der Waals surface area contributed by atoms with Crippen LogP contribution in [-0.4, -0.2) is 28.2 Å². The zero-order valence-electron chi connectivity index (χ0n) is 13.3. The van der Waals surface area contributed by atoms with Gasteiger partial charge < -0.3 is 20.6 Å². The number of aromatic nitrogens is 2. The SMILES string of the molecule is CC(C)(c1ccc[n-]1)c1ccc[n-]1.C[N-]C.C[N-]C.[Ti+4]. The quantitative estimate of drug-likeness (QED) is 0.800. The van der Waals surface area contributed by atoms with Crippen LogP contribution in [0.4, 0.5) is 0 Å². The second-order valence-electron chi connectivity index (χ2n) is 4.56. The summed E-state index contributed by atoms with van der Waals surface area (Å²) in [6.45, 7) is 4.27. The van der Waals surface area contributed by atoms with Crippen LogP contribution in [0.3, 0.4) is 0 Å². The molecule has 2 aromatic rings. The monoisotopic (exact) mass is 308 g/mol. The van der Waals surface area contributed by atoms with E-state index in [1.165, 1.54) is 0 Å². The van der Waals surface area contributed by atoms with Crippen LogP contribution in [-0.2, 0) is 27.1 Å². The van der Waals surface area contributed by atoms with Crippen molar-refractivity contribution in [2.45, 2.75) is 19.3 Å². The van der Waals surface area contributed by atoms with E-state index in [2.05, 4.69) is 34.4 Å². The second kappa shape index (κ2) is 12.0. The first kappa shape index (κ1) is 21.5. The average Bonchev–Trinajstić information content (AvgIpc) is 3.06. The Bertz CT molecular complexity index is 355. The summed E-state index contributed by atoms with van der Waals surface area (Å²) in [5.74, 6) is 0. The Hall–Kier alpha value is -0.806. The number of nitrogens with zero attached hydrogens (tertiary/aromatic N) is 4. The van der Waals surface area contributed by atoms with Crippen molar-refractivity contribution in [3.05, 3.63) is 58.7 Å². The molecule has 0 spiro atoms. The Labute approximate surface area is 138 Å². The van der Waals surface area contributed by atoms with E-state index in [1.807, 2.05) is 36.7 Å². The van der Waals surface area contributed by atoms with Crippen LogP contribution in [0.1, 0.15) is 25.2 Å². The van der Waals surface area contributed by atoms with Crippen LogP contribution in [0.25, 0.3) is 10.6 Å². The van der Waals surface area contributed by atoms with Crippen LogP contribution in [0.2, 0.25) is 0 Å². The molecule has 108 valence electrons. The molecule has 0 unspecified atom stereocenters. The van der Waals surface area contributed by atoms with Crippen molar-refractivity contribution in [3.8, 4) is 0 Å². The maximum Gasteiger partial charge on any atom is 4.00 e. The molecular weight excluding hydrogens is 284 g/mol. The minimum Gasteiger partial charge on any atom is -0.668 e. The van der Waals surface area contributed by atoms with Gasteiger partial charge in [0.2, 0.25) is 0 Å². The van der Waals surface area contributed by atoms with E-state index in [0.717, 1.165) is 11.4 Å². The molecule has 0 N–H and O–H groups in total. The Balaban J connectivity index is 0. The van der Waals surface area contributed by atoms with Crippen molar-refractivity contribution in [3.63, 3.8) is 0 Å². The third kappa shape index (κ3) is 7.10. The van der Waals surface area contributed by atoms with Gasteiger partial charge in [0.15, 0.2) is 0 Å². The molecule has 0 saturated carbocycles. The van der Waals surface area contributed by atoms with E-state index in [9.17, 15) is 0 Å². The van der Waals surface area contributed by atoms with E-state index in [1.54, 1.807) is 28.2 Å². The molecule has 0 radical (unpaired) electrons. The first-order chi connectivity index (χ1) is 9.04. The van der Waals surface area contributed by atoms with Crippen molar-refractivity contribution in [1.29, 1.82) is 0 Å². The summed E-state index contributed by atoms with van der Waals surface area (Å²) in [6, 6.07) is 7.99. The molecule has 2 rings (SSSR count). The fourth-order valence-corrected chi connectivity index (χ4v) is 1.47. The molecule has 0 bridgehead atoms. The zero-order chi connectivity index (χ0) is 14.7. The number of hydrogen-bond donors (Lipinski definition) is 0. The number of hydrogen-bond acceptors (Lipinski definition) is 0. The van der Waals surface area contributed by atoms with Crippen LogP contribution >= 0.6 is 0 Å². The molecule has 0 amide bonds. The fourth-order valence-electron chi connectivity index (χ4n) is 1.47. The van der Waals surface area contributed by atoms with Gasteiger partial charge in [-0.3, -0.25) is 0 Å². The van der Waals surface area contributed by atoms with Gasteiger partial charge in [-0.1, -0.05) is 38.1 Å². The summed E-state index contributed by atoms with van der Waals surface area (Å²) in [6.07, 6.45) is 3.64. The van der Waals surface area contributed by atoms with Crippen LogP contribution < -0.4 is 9.97 Å².